The van der Waals surface area contributed by atoms with Crippen LogP contribution in [0.15, 0.2) is 107 Å². The normalized spacial score (nSPS) is 18.0. The van der Waals surface area contributed by atoms with E-state index in [0.29, 0.717) is 5.56 Å². The molecule has 2 heterocycles. The summed E-state index contributed by atoms with van der Waals surface area (Å²) in [4.78, 5) is 39.2. The molecule has 0 bridgehead atoms. The minimum absolute atomic E-state index is 0.144. The topological polar surface area (TPSA) is 107 Å². The zero-order valence-corrected chi connectivity index (χ0v) is 29.9. The van der Waals surface area contributed by atoms with Crippen molar-refractivity contribution >= 4 is 24.7 Å². The second kappa shape index (κ2) is 16.1. The van der Waals surface area contributed by atoms with Crippen LogP contribution in [0.4, 0.5) is 0 Å². The first-order valence-electron chi connectivity index (χ1n) is 16.7. The SMILES string of the molecule is CCOC(=O)CO[C@H]1C[C@H](n2cc(C)c(=O)n(COCc3ccccc3)c2=O)O[C@@H]1CO[Si](c1ccccc1)(c1ccccc1)C(C)(C)C. The molecule has 0 spiro atoms. The molecule has 4 aromatic rings. The summed E-state index contributed by atoms with van der Waals surface area (Å²) in [5.74, 6) is -0.491. The standard InChI is InChI=1S/C38H46N2O8Si/c1-6-45-35(41)26-46-32-22-34(39-23-28(2)36(42)40(37(39)43)27-44-24-29-16-10-7-11-17-29)48-33(32)25-47-49(38(3,4)5,30-18-12-8-13-19-30)31-20-14-9-15-21-31/h7-21,23,32-34H,6,22,24-27H2,1-5H3/t32-,33+,34+/m0/s1. The van der Waals surface area contributed by atoms with Gasteiger partial charge in [-0.3, -0.25) is 9.36 Å². The van der Waals surface area contributed by atoms with E-state index in [2.05, 4.69) is 45.0 Å². The third-order valence-corrected chi connectivity index (χ3v) is 13.8. The molecule has 1 aliphatic heterocycles. The van der Waals surface area contributed by atoms with E-state index in [-0.39, 0.29) is 44.6 Å². The van der Waals surface area contributed by atoms with Gasteiger partial charge in [-0.15, -0.1) is 0 Å². The first-order valence-corrected chi connectivity index (χ1v) is 18.6. The van der Waals surface area contributed by atoms with Crippen molar-refractivity contribution in [3.05, 3.63) is 129 Å². The van der Waals surface area contributed by atoms with Crippen molar-refractivity contribution in [3.63, 3.8) is 0 Å². The third kappa shape index (κ3) is 8.19. The van der Waals surface area contributed by atoms with Crippen LogP contribution in [0.1, 0.15) is 51.5 Å². The van der Waals surface area contributed by atoms with Crippen LogP contribution in [0.2, 0.25) is 5.04 Å². The smallest absolute Gasteiger partial charge is 0.335 e. The highest BCUT2D eigenvalue weighted by molar-refractivity contribution is 6.99. The third-order valence-electron chi connectivity index (χ3n) is 8.79. The van der Waals surface area contributed by atoms with Crippen LogP contribution >= 0.6 is 0 Å². The Kier molecular flexibility index (Phi) is 11.8. The highest BCUT2D eigenvalue weighted by atomic mass is 28.4. The minimum Gasteiger partial charge on any atom is -0.464 e. The molecule has 0 amide bonds. The largest absolute Gasteiger partial charge is 0.464 e. The molecule has 1 fully saturated rings. The lowest BCUT2D eigenvalue weighted by atomic mass is 10.2. The van der Waals surface area contributed by atoms with Gasteiger partial charge in [0.25, 0.3) is 13.9 Å². The molecule has 1 aromatic heterocycles. The Morgan fingerprint density at radius 1 is 0.918 bits per heavy atom. The molecule has 0 radical (unpaired) electrons. The molecule has 0 aliphatic carbocycles. The van der Waals surface area contributed by atoms with Gasteiger partial charge in [0.05, 0.1) is 25.9 Å². The van der Waals surface area contributed by atoms with Crippen LogP contribution in [0.25, 0.3) is 0 Å². The maximum absolute atomic E-state index is 13.8. The number of nitrogens with zero attached hydrogens (tertiary/aromatic N) is 2. The Labute approximate surface area is 288 Å². The van der Waals surface area contributed by atoms with Crippen LogP contribution in [0.3, 0.4) is 0 Å². The lowest BCUT2D eigenvalue weighted by Gasteiger charge is -2.43. The molecular formula is C38H46N2O8Si. The molecule has 0 N–H and O–H groups in total. The van der Waals surface area contributed by atoms with E-state index >= 15 is 0 Å². The van der Waals surface area contributed by atoms with Crippen LogP contribution in [0, 0.1) is 6.92 Å². The number of carbonyl (C=O) groups excluding carboxylic acids is 1. The van der Waals surface area contributed by atoms with Gasteiger partial charge in [-0.05, 0) is 34.8 Å². The average molecular weight is 687 g/mol. The van der Waals surface area contributed by atoms with Gasteiger partial charge in [0.2, 0.25) is 0 Å². The first-order chi connectivity index (χ1) is 23.5. The molecule has 11 heteroatoms. The summed E-state index contributed by atoms with van der Waals surface area (Å²) in [5, 5.41) is 1.95. The summed E-state index contributed by atoms with van der Waals surface area (Å²) >= 11 is 0. The number of rotatable bonds is 14. The van der Waals surface area contributed by atoms with Crippen molar-refractivity contribution in [3.8, 4) is 0 Å². The zero-order chi connectivity index (χ0) is 35.0. The van der Waals surface area contributed by atoms with Crippen molar-refractivity contribution in [2.45, 2.75) is 77.9 Å². The Morgan fingerprint density at radius 2 is 1.51 bits per heavy atom. The highest BCUT2D eigenvalue weighted by Gasteiger charge is 2.51. The van der Waals surface area contributed by atoms with Crippen molar-refractivity contribution in [2.24, 2.45) is 0 Å². The van der Waals surface area contributed by atoms with E-state index in [1.165, 1.54) is 10.8 Å². The number of ether oxygens (including phenoxy) is 4. The summed E-state index contributed by atoms with van der Waals surface area (Å²) in [7, 11) is -2.94. The van der Waals surface area contributed by atoms with Crippen LogP contribution < -0.4 is 21.6 Å². The molecule has 49 heavy (non-hydrogen) atoms. The highest BCUT2D eigenvalue weighted by Crippen LogP contribution is 2.38. The fourth-order valence-electron chi connectivity index (χ4n) is 6.45. The summed E-state index contributed by atoms with van der Waals surface area (Å²) in [6.45, 7) is 10.1. The van der Waals surface area contributed by atoms with Gasteiger partial charge in [-0.1, -0.05) is 112 Å². The van der Waals surface area contributed by atoms with Crippen LogP contribution in [0.5, 0.6) is 0 Å². The fourth-order valence-corrected chi connectivity index (χ4v) is 11.0. The number of benzene rings is 3. The van der Waals surface area contributed by atoms with Gasteiger partial charge in [0.1, 0.15) is 25.7 Å². The molecule has 3 aromatic carbocycles. The molecule has 10 nitrogen and oxygen atoms in total. The second-order valence-corrected chi connectivity index (χ2v) is 17.5. The number of esters is 1. The molecule has 1 saturated heterocycles. The van der Waals surface area contributed by atoms with E-state index in [4.69, 9.17) is 23.4 Å². The molecule has 1 aliphatic rings. The molecule has 0 saturated carbocycles. The van der Waals surface area contributed by atoms with Gasteiger partial charge in [0, 0.05) is 18.2 Å². The average Bonchev–Trinajstić information content (AvgIpc) is 3.51. The van der Waals surface area contributed by atoms with Gasteiger partial charge in [0.15, 0.2) is 0 Å². The van der Waals surface area contributed by atoms with Gasteiger partial charge in [-0.25, -0.2) is 14.2 Å². The minimum atomic E-state index is -2.94. The lowest BCUT2D eigenvalue weighted by molar-refractivity contribution is -0.152. The predicted molar refractivity (Wildman–Crippen MR) is 189 cm³/mol. The van der Waals surface area contributed by atoms with Crippen molar-refractivity contribution < 1.29 is 28.2 Å². The Morgan fingerprint density at radius 3 is 2.08 bits per heavy atom. The van der Waals surface area contributed by atoms with E-state index in [1.54, 1.807) is 13.8 Å². The first kappa shape index (κ1) is 36.2. The number of carbonyl (C=O) groups is 1. The quantitative estimate of drug-likeness (QED) is 0.143. The molecular weight excluding hydrogens is 641 g/mol. The number of hydrogen-bond acceptors (Lipinski definition) is 8. The lowest BCUT2D eigenvalue weighted by Crippen LogP contribution is -2.67. The molecule has 0 unspecified atom stereocenters. The monoisotopic (exact) mass is 686 g/mol. The van der Waals surface area contributed by atoms with Crippen molar-refractivity contribution in [2.75, 3.05) is 19.8 Å². The molecule has 5 rings (SSSR count). The van der Waals surface area contributed by atoms with E-state index < -0.39 is 44.0 Å². The zero-order valence-electron chi connectivity index (χ0n) is 28.9. The van der Waals surface area contributed by atoms with Crippen molar-refractivity contribution in [1.29, 1.82) is 0 Å². The fraction of sp³-hybridized carbons (Fsp3) is 0.395. The van der Waals surface area contributed by atoms with E-state index in [1.807, 2.05) is 66.7 Å². The Hall–Kier alpha value is -4.13. The van der Waals surface area contributed by atoms with Crippen molar-refractivity contribution in [1.82, 2.24) is 9.13 Å². The Bertz CT molecular complexity index is 1750. The number of hydrogen-bond donors (Lipinski definition) is 0. The summed E-state index contributed by atoms with van der Waals surface area (Å²) in [6.07, 6.45) is -0.266. The van der Waals surface area contributed by atoms with Gasteiger partial charge < -0.3 is 23.4 Å². The molecule has 260 valence electrons. The summed E-state index contributed by atoms with van der Waals surface area (Å²) < 4.78 is 33.2. The molecule has 3 atom stereocenters. The summed E-state index contributed by atoms with van der Waals surface area (Å²) in [6, 6.07) is 30.1. The van der Waals surface area contributed by atoms with Gasteiger partial charge in [-0.2, -0.15) is 0 Å². The van der Waals surface area contributed by atoms with Gasteiger partial charge >= 0.3 is 11.7 Å². The van der Waals surface area contributed by atoms with E-state index in [0.717, 1.165) is 20.5 Å². The predicted octanol–water partition coefficient (Wildman–Crippen LogP) is 4.31. The maximum Gasteiger partial charge on any atom is 0.335 e. The van der Waals surface area contributed by atoms with Crippen LogP contribution in [-0.4, -0.2) is 55.4 Å². The number of aromatic nitrogens is 2. The maximum atomic E-state index is 13.8. The summed E-state index contributed by atoms with van der Waals surface area (Å²) in [5.41, 5.74) is 0.288. The van der Waals surface area contributed by atoms with Crippen LogP contribution in [-0.2, 0) is 41.5 Å². The van der Waals surface area contributed by atoms with E-state index in [9.17, 15) is 14.4 Å². The Balaban J connectivity index is 1.45. The second-order valence-electron chi connectivity index (χ2n) is 13.2. The number of aryl methyl sites for hydroxylation is 1.